The molecule has 1 aliphatic rings. The third-order valence-corrected chi connectivity index (χ3v) is 4.57. The SMILES string of the molecule is Cn1cc(-c2ccc3cc(C(=O)N[C@@H]4CCN(C#N)C4)[nH]c3c2)cn1. The van der Waals surface area contributed by atoms with E-state index >= 15 is 0 Å². The van der Waals surface area contributed by atoms with E-state index in [9.17, 15) is 4.79 Å². The molecule has 4 rings (SSSR count). The van der Waals surface area contributed by atoms with Crippen LogP contribution in [0.1, 0.15) is 16.9 Å². The molecule has 1 aliphatic heterocycles. The molecule has 0 spiro atoms. The summed E-state index contributed by atoms with van der Waals surface area (Å²) in [5, 5.41) is 17.1. The number of nitriles is 1. The molecule has 0 bridgehead atoms. The lowest BCUT2D eigenvalue weighted by molar-refractivity contribution is 0.0934. The van der Waals surface area contributed by atoms with Crippen molar-refractivity contribution in [1.82, 2.24) is 25.0 Å². The Bertz CT molecular complexity index is 979. The molecule has 0 radical (unpaired) electrons. The summed E-state index contributed by atoms with van der Waals surface area (Å²) in [5.41, 5.74) is 3.53. The molecule has 3 heterocycles. The Morgan fingerprint density at radius 1 is 1.40 bits per heavy atom. The van der Waals surface area contributed by atoms with Crippen molar-refractivity contribution in [2.75, 3.05) is 13.1 Å². The Morgan fingerprint density at radius 3 is 3.00 bits per heavy atom. The van der Waals surface area contributed by atoms with E-state index in [2.05, 4.69) is 21.6 Å². The largest absolute Gasteiger partial charge is 0.351 e. The van der Waals surface area contributed by atoms with Crippen LogP contribution in [0, 0.1) is 11.5 Å². The van der Waals surface area contributed by atoms with Crippen molar-refractivity contribution in [1.29, 1.82) is 5.26 Å². The van der Waals surface area contributed by atoms with Crippen LogP contribution in [0.3, 0.4) is 0 Å². The molecule has 1 atom stereocenters. The first-order valence-electron chi connectivity index (χ1n) is 8.20. The number of nitrogens with zero attached hydrogens (tertiary/aromatic N) is 4. The minimum absolute atomic E-state index is 0.0181. The van der Waals surface area contributed by atoms with E-state index in [1.165, 1.54) is 0 Å². The van der Waals surface area contributed by atoms with Gasteiger partial charge in [0.05, 0.1) is 6.20 Å². The van der Waals surface area contributed by atoms with Gasteiger partial charge in [-0.05, 0) is 24.1 Å². The summed E-state index contributed by atoms with van der Waals surface area (Å²) in [6.45, 7) is 1.27. The summed E-state index contributed by atoms with van der Waals surface area (Å²) in [5.74, 6) is -0.135. The fourth-order valence-electron chi connectivity index (χ4n) is 3.23. The number of H-pyrrole nitrogens is 1. The highest BCUT2D eigenvalue weighted by Gasteiger charge is 2.23. The molecule has 0 saturated carbocycles. The van der Waals surface area contributed by atoms with Crippen molar-refractivity contribution >= 4 is 16.8 Å². The van der Waals surface area contributed by atoms with Gasteiger partial charge < -0.3 is 15.2 Å². The van der Waals surface area contributed by atoms with Gasteiger partial charge in [-0.1, -0.05) is 12.1 Å². The fraction of sp³-hybridized carbons (Fsp3) is 0.278. The van der Waals surface area contributed by atoms with Gasteiger partial charge >= 0.3 is 0 Å². The molecular weight excluding hydrogens is 316 g/mol. The second-order valence-electron chi connectivity index (χ2n) is 6.39. The number of rotatable bonds is 3. The van der Waals surface area contributed by atoms with Crippen LogP contribution in [0.15, 0.2) is 36.7 Å². The number of carbonyl (C=O) groups is 1. The number of aryl methyl sites for hydroxylation is 1. The van der Waals surface area contributed by atoms with E-state index in [0.29, 0.717) is 18.8 Å². The van der Waals surface area contributed by atoms with Gasteiger partial charge in [-0.25, -0.2) is 0 Å². The molecule has 1 amide bonds. The van der Waals surface area contributed by atoms with Crippen LogP contribution < -0.4 is 5.32 Å². The molecule has 3 aromatic rings. The lowest BCUT2D eigenvalue weighted by atomic mass is 10.1. The summed E-state index contributed by atoms with van der Waals surface area (Å²) in [7, 11) is 1.88. The van der Waals surface area contributed by atoms with E-state index in [1.807, 2.05) is 43.7 Å². The molecule has 1 fully saturated rings. The predicted octanol–water partition coefficient (Wildman–Crippen LogP) is 1.85. The number of hydrogen-bond acceptors (Lipinski definition) is 4. The molecule has 0 unspecified atom stereocenters. The highest BCUT2D eigenvalue weighted by Crippen LogP contribution is 2.24. The van der Waals surface area contributed by atoms with Crippen LogP contribution in [-0.2, 0) is 7.05 Å². The molecule has 0 aliphatic carbocycles. The summed E-state index contributed by atoms with van der Waals surface area (Å²) in [4.78, 5) is 17.3. The van der Waals surface area contributed by atoms with Gasteiger partial charge in [-0.3, -0.25) is 9.48 Å². The minimum Gasteiger partial charge on any atom is -0.351 e. The van der Waals surface area contributed by atoms with Gasteiger partial charge in [0.25, 0.3) is 5.91 Å². The maximum atomic E-state index is 12.5. The Hall–Kier alpha value is -3.27. The third kappa shape index (κ3) is 2.94. The van der Waals surface area contributed by atoms with Crippen molar-refractivity contribution in [3.8, 4) is 17.3 Å². The van der Waals surface area contributed by atoms with Crippen molar-refractivity contribution in [3.05, 3.63) is 42.4 Å². The van der Waals surface area contributed by atoms with Crippen molar-refractivity contribution in [2.24, 2.45) is 7.05 Å². The number of likely N-dealkylation sites (tertiary alicyclic amines) is 1. The first-order chi connectivity index (χ1) is 12.1. The lowest BCUT2D eigenvalue weighted by Gasteiger charge is -2.11. The van der Waals surface area contributed by atoms with Gasteiger partial charge in [-0.15, -0.1) is 0 Å². The van der Waals surface area contributed by atoms with Crippen LogP contribution in [0.25, 0.3) is 22.0 Å². The van der Waals surface area contributed by atoms with E-state index in [0.717, 1.165) is 28.5 Å². The number of carbonyl (C=O) groups excluding carboxylic acids is 1. The second-order valence-corrected chi connectivity index (χ2v) is 6.39. The monoisotopic (exact) mass is 334 g/mol. The predicted molar refractivity (Wildman–Crippen MR) is 93.6 cm³/mol. The third-order valence-electron chi connectivity index (χ3n) is 4.57. The van der Waals surface area contributed by atoms with Gasteiger partial charge in [0.2, 0.25) is 0 Å². The van der Waals surface area contributed by atoms with Crippen LogP contribution in [-0.4, -0.2) is 44.7 Å². The Kier molecular flexibility index (Phi) is 3.65. The van der Waals surface area contributed by atoms with E-state index < -0.39 is 0 Å². The smallest absolute Gasteiger partial charge is 0.268 e. The van der Waals surface area contributed by atoms with Crippen LogP contribution in [0.5, 0.6) is 0 Å². The number of aromatic amines is 1. The minimum atomic E-state index is -0.135. The molecule has 2 aromatic heterocycles. The van der Waals surface area contributed by atoms with Crippen molar-refractivity contribution < 1.29 is 4.79 Å². The standard InChI is InChI=1S/C18H18N6O/c1-23-9-14(8-20-23)12-2-3-13-7-17(22-16(13)6-12)18(25)21-15-4-5-24(10-15)11-19/h2-3,6-9,15,22H,4-5,10H2,1H3,(H,21,25)/t15-/m1/s1. The van der Waals surface area contributed by atoms with Gasteiger partial charge in [-0.2, -0.15) is 10.4 Å². The summed E-state index contributed by atoms with van der Waals surface area (Å²) >= 11 is 0. The molecule has 2 N–H and O–H groups in total. The first kappa shape index (κ1) is 15.3. The van der Waals surface area contributed by atoms with E-state index in [1.54, 1.807) is 9.58 Å². The quantitative estimate of drug-likeness (QED) is 0.715. The summed E-state index contributed by atoms with van der Waals surface area (Å²) in [6.07, 6.45) is 6.69. The van der Waals surface area contributed by atoms with Crippen molar-refractivity contribution in [3.63, 3.8) is 0 Å². The number of benzene rings is 1. The zero-order valence-electron chi connectivity index (χ0n) is 13.9. The Labute approximate surface area is 144 Å². The maximum absolute atomic E-state index is 12.5. The van der Waals surface area contributed by atoms with Gasteiger partial charge in [0.1, 0.15) is 5.69 Å². The topological polar surface area (TPSA) is 89.7 Å². The molecule has 7 heteroatoms. The molecule has 7 nitrogen and oxygen atoms in total. The second kappa shape index (κ2) is 5.98. The number of amides is 1. The highest BCUT2D eigenvalue weighted by atomic mass is 16.2. The number of nitrogens with one attached hydrogen (secondary N) is 2. The van der Waals surface area contributed by atoms with Crippen LogP contribution >= 0.6 is 0 Å². The van der Waals surface area contributed by atoms with Gasteiger partial charge in [0.15, 0.2) is 6.19 Å². The Balaban J connectivity index is 1.55. The first-order valence-corrected chi connectivity index (χ1v) is 8.20. The average Bonchev–Trinajstić information content (AvgIpc) is 3.32. The summed E-state index contributed by atoms with van der Waals surface area (Å²) in [6, 6.07) is 7.92. The fourth-order valence-corrected chi connectivity index (χ4v) is 3.23. The Morgan fingerprint density at radius 2 is 2.28 bits per heavy atom. The summed E-state index contributed by atoms with van der Waals surface area (Å²) < 4.78 is 1.76. The molecular formula is C18H18N6O. The lowest BCUT2D eigenvalue weighted by Crippen LogP contribution is -2.36. The highest BCUT2D eigenvalue weighted by molar-refractivity contribution is 5.99. The van der Waals surface area contributed by atoms with E-state index in [-0.39, 0.29) is 11.9 Å². The zero-order valence-corrected chi connectivity index (χ0v) is 13.9. The van der Waals surface area contributed by atoms with Crippen LogP contribution in [0.2, 0.25) is 0 Å². The maximum Gasteiger partial charge on any atom is 0.268 e. The normalized spacial score (nSPS) is 17.0. The average molecular weight is 334 g/mol. The molecule has 126 valence electrons. The number of fused-ring (bicyclic) bond motifs is 1. The van der Waals surface area contributed by atoms with Crippen molar-refractivity contribution in [2.45, 2.75) is 12.5 Å². The number of hydrogen-bond donors (Lipinski definition) is 2. The van der Waals surface area contributed by atoms with Crippen LogP contribution in [0.4, 0.5) is 0 Å². The van der Waals surface area contributed by atoms with E-state index in [4.69, 9.17) is 5.26 Å². The molecule has 1 aromatic carbocycles. The van der Waals surface area contributed by atoms with Gasteiger partial charge in [0, 0.05) is 48.8 Å². The molecule has 25 heavy (non-hydrogen) atoms. The molecule has 1 saturated heterocycles. The zero-order chi connectivity index (χ0) is 17.4. The number of aromatic nitrogens is 3.